The predicted octanol–water partition coefficient (Wildman–Crippen LogP) is 6.79. The molecule has 5 aromatic rings. The minimum Gasteiger partial charge on any atom is -0.354 e. The van der Waals surface area contributed by atoms with Gasteiger partial charge in [0.2, 0.25) is 0 Å². The monoisotopic (exact) mass is 327 g/mol. The molecule has 4 aromatic carbocycles. The Bertz CT molecular complexity index is 1220. The molecule has 24 heavy (non-hydrogen) atoms. The Balaban J connectivity index is 1.82. The number of hydrogen-bond donors (Lipinski definition) is 1. The molecule has 0 bridgehead atoms. The van der Waals surface area contributed by atoms with Crippen molar-refractivity contribution in [2.24, 2.45) is 0 Å². The van der Waals surface area contributed by atoms with Crippen LogP contribution in [0.1, 0.15) is 0 Å². The number of halogens is 1. The van der Waals surface area contributed by atoms with E-state index in [4.69, 9.17) is 11.6 Å². The van der Waals surface area contributed by atoms with Crippen LogP contribution in [0.2, 0.25) is 5.02 Å². The lowest BCUT2D eigenvalue weighted by atomic mass is 10.0. The lowest BCUT2D eigenvalue weighted by Gasteiger charge is -2.03. The first-order chi connectivity index (χ1) is 11.8. The number of nitrogens with one attached hydrogen (secondary N) is 1. The second-order valence-electron chi connectivity index (χ2n) is 6.10. The van der Waals surface area contributed by atoms with Gasteiger partial charge >= 0.3 is 0 Å². The van der Waals surface area contributed by atoms with Crippen LogP contribution in [0.25, 0.3) is 43.7 Å². The minimum atomic E-state index is 0.759. The predicted molar refractivity (Wildman–Crippen MR) is 104 cm³/mol. The van der Waals surface area contributed by atoms with Gasteiger partial charge in [-0.3, -0.25) is 0 Å². The molecule has 0 saturated heterocycles. The zero-order chi connectivity index (χ0) is 16.1. The average Bonchev–Trinajstić information content (AvgIpc) is 3.00. The van der Waals surface area contributed by atoms with Crippen LogP contribution in [-0.2, 0) is 0 Å². The zero-order valence-electron chi connectivity index (χ0n) is 12.9. The lowest BCUT2D eigenvalue weighted by molar-refractivity contribution is 1.54. The molecule has 0 aliphatic rings. The van der Waals surface area contributed by atoms with Crippen molar-refractivity contribution in [2.75, 3.05) is 0 Å². The molecule has 0 amide bonds. The Hall–Kier alpha value is -2.77. The summed E-state index contributed by atoms with van der Waals surface area (Å²) in [6, 6.07) is 27.4. The number of H-pyrrole nitrogens is 1. The van der Waals surface area contributed by atoms with E-state index in [1.54, 1.807) is 0 Å². The highest BCUT2D eigenvalue weighted by molar-refractivity contribution is 6.30. The van der Waals surface area contributed by atoms with Gasteiger partial charge in [-0.25, -0.2) is 0 Å². The minimum absolute atomic E-state index is 0.759. The number of hydrogen-bond acceptors (Lipinski definition) is 0. The molecular weight excluding hydrogens is 314 g/mol. The van der Waals surface area contributed by atoms with Gasteiger partial charge in [-0.2, -0.15) is 0 Å². The van der Waals surface area contributed by atoms with E-state index in [-0.39, 0.29) is 0 Å². The number of fused-ring (bicyclic) bond motifs is 5. The quantitative estimate of drug-likeness (QED) is 0.348. The SMILES string of the molecule is Clc1cccc(-c2ccc3c(c2)[nH]c2ccc4ccccc4c23)c1. The Kier molecular flexibility index (Phi) is 2.91. The lowest BCUT2D eigenvalue weighted by Crippen LogP contribution is -1.78. The van der Waals surface area contributed by atoms with Crippen LogP contribution in [0.15, 0.2) is 78.9 Å². The smallest absolute Gasteiger partial charge is 0.0471 e. The third-order valence-electron chi connectivity index (χ3n) is 4.65. The first-order valence-electron chi connectivity index (χ1n) is 7.99. The van der Waals surface area contributed by atoms with Crippen LogP contribution >= 0.6 is 11.6 Å². The maximum absolute atomic E-state index is 6.13. The molecule has 0 unspecified atom stereocenters. The molecule has 0 radical (unpaired) electrons. The molecule has 0 spiro atoms. The largest absolute Gasteiger partial charge is 0.354 e. The van der Waals surface area contributed by atoms with Crippen LogP contribution in [0.4, 0.5) is 0 Å². The molecule has 0 fully saturated rings. The van der Waals surface area contributed by atoms with Gasteiger partial charge in [0.05, 0.1) is 0 Å². The van der Waals surface area contributed by atoms with Crippen molar-refractivity contribution < 1.29 is 0 Å². The molecule has 1 aromatic heterocycles. The van der Waals surface area contributed by atoms with Crippen LogP contribution in [0.5, 0.6) is 0 Å². The average molecular weight is 328 g/mol. The van der Waals surface area contributed by atoms with Crippen molar-refractivity contribution in [1.82, 2.24) is 4.98 Å². The molecule has 1 nitrogen and oxygen atoms in total. The van der Waals surface area contributed by atoms with Crippen molar-refractivity contribution >= 4 is 44.2 Å². The van der Waals surface area contributed by atoms with Crippen LogP contribution in [0, 0.1) is 0 Å². The van der Waals surface area contributed by atoms with Crippen molar-refractivity contribution in [3.63, 3.8) is 0 Å². The highest BCUT2D eigenvalue weighted by Gasteiger charge is 2.09. The van der Waals surface area contributed by atoms with Crippen molar-refractivity contribution in [3.05, 3.63) is 83.9 Å². The van der Waals surface area contributed by atoms with E-state index in [1.165, 1.54) is 32.6 Å². The van der Waals surface area contributed by atoms with E-state index in [1.807, 2.05) is 18.2 Å². The topological polar surface area (TPSA) is 15.8 Å². The molecule has 0 saturated carbocycles. The van der Waals surface area contributed by atoms with Gasteiger partial charge in [-0.15, -0.1) is 0 Å². The normalized spacial score (nSPS) is 11.5. The summed E-state index contributed by atoms with van der Waals surface area (Å²) in [6.45, 7) is 0. The summed E-state index contributed by atoms with van der Waals surface area (Å²) in [4.78, 5) is 3.56. The number of aromatic nitrogens is 1. The van der Waals surface area contributed by atoms with Gasteiger partial charge in [0, 0.05) is 26.8 Å². The highest BCUT2D eigenvalue weighted by atomic mass is 35.5. The fraction of sp³-hybridized carbons (Fsp3) is 0. The van der Waals surface area contributed by atoms with E-state index < -0.39 is 0 Å². The fourth-order valence-electron chi connectivity index (χ4n) is 3.52. The summed E-state index contributed by atoms with van der Waals surface area (Å²) in [5.74, 6) is 0. The molecule has 1 heterocycles. The van der Waals surface area contributed by atoms with E-state index in [2.05, 4.69) is 65.6 Å². The molecule has 0 aliphatic carbocycles. The summed E-state index contributed by atoms with van der Waals surface area (Å²) in [7, 11) is 0. The maximum Gasteiger partial charge on any atom is 0.0471 e. The van der Waals surface area contributed by atoms with Crippen LogP contribution in [-0.4, -0.2) is 4.98 Å². The Morgan fingerprint density at radius 2 is 1.50 bits per heavy atom. The molecule has 2 heteroatoms. The molecule has 1 N–H and O–H groups in total. The molecule has 5 rings (SSSR count). The Labute approximate surface area is 144 Å². The van der Waals surface area contributed by atoms with E-state index in [0.29, 0.717) is 0 Å². The van der Waals surface area contributed by atoms with Crippen LogP contribution < -0.4 is 0 Å². The summed E-state index contributed by atoms with van der Waals surface area (Å²) in [5, 5.41) is 5.87. The van der Waals surface area contributed by atoms with Crippen molar-refractivity contribution in [1.29, 1.82) is 0 Å². The Morgan fingerprint density at radius 1 is 0.625 bits per heavy atom. The number of aromatic amines is 1. The van der Waals surface area contributed by atoms with E-state index in [0.717, 1.165) is 16.1 Å². The third kappa shape index (κ3) is 2.02. The van der Waals surface area contributed by atoms with E-state index in [9.17, 15) is 0 Å². The first kappa shape index (κ1) is 13.6. The summed E-state index contributed by atoms with van der Waals surface area (Å²) < 4.78 is 0. The second kappa shape index (κ2) is 5.12. The molecule has 0 aliphatic heterocycles. The summed E-state index contributed by atoms with van der Waals surface area (Å²) in [5.41, 5.74) is 4.62. The first-order valence-corrected chi connectivity index (χ1v) is 8.36. The maximum atomic E-state index is 6.13. The molecule has 0 atom stereocenters. The third-order valence-corrected chi connectivity index (χ3v) is 4.88. The molecular formula is C22H14ClN. The van der Waals surface area contributed by atoms with E-state index >= 15 is 0 Å². The zero-order valence-corrected chi connectivity index (χ0v) is 13.6. The van der Waals surface area contributed by atoms with Gasteiger partial charge in [0.15, 0.2) is 0 Å². The van der Waals surface area contributed by atoms with Crippen molar-refractivity contribution in [2.45, 2.75) is 0 Å². The summed E-state index contributed by atoms with van der Waals surface area (Å²) in [6.07, 6.45) is 0. The fourth-order valence-corrected chi connectivity index (χ4v) is 3.71. The van der Waals surface area contributed by atoms with Gasteiger partial charge in [-0.1, -0.05) is 66.2 Å². The van der Waals surface area contributed by atoms with Gasteiger partial charge in [-0.05, 0) is 46.2 Å². The van der Waals surface area contributed by atoms with Crippen molar-refractivity contribution in [3.8, 4) is 11.1 Å². The molecule has 114 valence electrons. The van der Waals surface area contributed by atoms with Crippen LogP contribution in [0.3, 0.4) is 0 Å². The Morgan fingerprint density at radius 3 is 2.42 bits per heavy atom. The van der Waals surface area contributed by atoms with Gasteiger partial charge < -0.3 is 4.98 Å². The standard InChI is InChI=1S/C22H14ClN/c23-17-6-3-5-15(12-17)16-8-10-19-21(13-16)24-20-11-9-14-4-1-2-7-18(14)22(19)20/h1-13,24H. The van der Waals surface area contributed by atoms with Gasteiger partial charge in [0.25, 0.3) is 0 Å². The highest BCUT2D eigenvalue weighted by Crippen LogP contribution is 2.34. The summed E-state index contributed by atoms with van der Waals surface area (Å²) >= 11 is 6.13. The van der Waals surface area contributed by atoms with Gasteiger partial charge in [0.1, 0.15) is 0 Å². The number of benzene rings is 4. The second-order valence-corrected chi connectivity index (χ2v) is 6.54. The number of rotatable bonds is 1.